The Balaban J connectivity index is 1.29. The second kappa shape index (κ2) is 7.27. The van der Waals surface area contributed by atoms with Crippen molar-refractivity contribution in [3.05, 3.63) is 48.2 Å². The predicted molar refractivity (Wildman–Crippen MR) is 115 cm³/mol. The summed E-state index contributed by atoms with van der Waals surface area (Å²) in [5, 5.41) is 4.23. The number of H-pyrrole nitrogens is 1. The lowest BCUT2D eigenvalue weighted by molar-refractivity contribution is -0.137. The van der Waals surface area contributed by atoms with Crippen LogP contribution in [0.25, 0.3) is 10.9 Å². The molecule has 3 aliphatic heterocycles. The van der Waals surface area contributed by atoms with Crippen molar-refractivity contribution in [3.63, 3.8) is 0 Å². The number of benzene rings is 1. The van der Waals surface area contributed by atoms with E-state index in [2.05, 4.69) is 36.3 Å². The summed E-state index contributed by atoms with van der Waals surface area (Å²) in [4.78, 5) is 31.4. The zero-order valence-corrected chi connectivity index (χ0v) is 17.6. The van der Waals surface area contributed by atoms with Crippen LogP contribution < -0.4 is 5.32 Å². The van der Waals surface area contributed by atoms with E-state index in [0.29, 0.717) is 25.6 Å². The number of para-hydroxylation sites is 1. The highest BCUT2D eigenvalue weighted by Crippen LogP contribution is 2.51. The molecule has 30 heavy (non-hydrogen) atoms. The van der Waals surface area contributed by atoms with Crippen molar-refractivity contribution in [2.75, 3.05) is 19.6 Å². The van der Waals surface area contributed by atoms with Gasteiger partial charge in [0.1, 0.15) is 5.60 Å². The summed E-state index contributed by atoms with van der Waals surface area (Å²) in [7, 11) is 0. The number of fused-ring (bicyclic) bond motifs is 2. The summed E-state index contributed by atoms with van der Waals surface area (Å²) in [6.07, 6.45) is 7.44. The molecule has 6 nitrogen and oxygen atoms in total. The zero-order valence-electron chi connectivity index (χ0n) is 17.6. The van der Waals surface area contributed by atoms with Gasteiger partial charge in [0.25, 0.3) is 0 Å². The van der Waals surface area contributed by atoms with Crippen molar-refractivity contribution in [3.8, 4) is 0 Å². The van der Waals surface area contributed by atoms with Gasteiger partial charge in [0, 0.05) is 30.2 Å². The third-order valence-electron chi connectivity index (χ3n) is 6.83. The highest BCUT2D eigenvalue weighted by molar-refractivity contribution is 5.93. The van der Waals surface area contributed by atoms with Crippen molar-refractivity contribution in [2.24, 2.45) is 17.8 Å². The first-order valence-corrected chi connectivity index (χ1v) is 11.0. The van der Waals surface area contributed by atoms with Gasteiger partial charge in [-0.25, -0.2) is 0 Å². The van der Waals surface area contributed by atoms with Gasteiger partial charge in [0.2, 0.25) is 11.8 Å². The number of nitrogens with zero attached hydrogens (tertiary/aromatic N) is 1. The molecule has 0 unspecified atom stereocenters. The second-order valence-corrected chi connectivity index (χ2v) is 9.24. The molecule has 2 fully saturated rings. The molecule has 4 heterocycles. The van der Waals surface area contributed by atoms with Gasteiger partial charge in [-0.3, -0.25) is 9.59 Å². The van der Waals surface area contributed by atoms with E-state index >= 15 is 0 Å². The van der Waals surface area contributed by atoms with E-state index < -0.39 is 17.4 Å². The fraction of sp³-hybridized carbons (Fsp3) is 0.500. The number of rotatable bonds is 7. The molecule has 0 radical (unpaired) electrons. The van der Waals surface area contributed by atoms with Crippen LogP contribution in [-0.2, 0) is 20.7 Å². The Bertz CT molecular complexity index is 1010. The second-order valence-electron chi connectivity index (χ2n) is 9.24. The minimum Gasteiger partial charge on any atom is -0.361 e. The molecule has 6 heteroatoms. The van der Waals surface area contributed by atoms with Crippen LogP contribution in [0.4, 0.5) is 0 Å². The van der Waals surface area contributed by atoms with Crippen LogP contribution in [0.3, 0.4) is 0 Å². The molecule has 0 saturated carbocycles. The van der Waals surface area contributed by atoms with Gasteiger partial charge in [0.15, 0.2) is 0 Å². The SMILES string of the molecule is CC(C)CCNC(=O)[C@@H]1[C@@H]2C=C[C@]3(CN(CCc4c[nH]c5ccccc45)C(=O)[C@H]13)O2. The van der Waals surface area contributed by atoms with Gasteiger partial charge in [-0.2, -0.15) is 0 Å². The third-order valence-corrected chi connectivity index (χ3v) is 6.83. The molecule has 0 aliphatic carbocycles. The third kappa shape index (κ3) is 3.05. The number of aromatic amines is 1. The first-order valence-electron chi connectivity index (χ1n) is 11.0. The van der Waals surface area contributed by atoms with E-state index in [-0.39, 0.29) is 17.9 Å². The van der Waals surface area contributed by atoms with E-state index in [4.69, 9.17) is 4.74 Å². The maximum Gasteiger partial charge on any atom is 0.230 e. The monoisotopic (exact) mass is 407 g/mol. The van der Waals surface area contributed by atoms with Crippen molar-refractivity contribution in [1.82, 2.24) is 15.2 Å². The van der Waals surface area contributed by atoms with E-state index in [1.807, 2.05) is 35.4 Å². The maximum atomic E-state index is 13.3. The van der Waals surface area contributed by atoms with Crippen molar-refractivity contribution in [1.29, 1.82) is 0 Å². The van der Waals surface area contributed by atoms with Crippen molar-refractivity contribution < 1.29 is 14.3 Å². The molecule has 2 aromatic rings. The molecular formula is C24H29N3O3. The number of carbonyl (C=O) groups is 2. The molecule has 1 spiro atoms. The number of ether oxygens (including phenoxy) is 1. The van der Waals surface area contributed by atoms with Crippen molar-refractivity contribution >= 4 is 22.7 Å². The number of amides is 2. The Labute approximate surface area is 176 Å². The van der Waals surface area contributed by atoms with Gasteiger partial charge in [-0.15, -0.1) is 0 Å². The molecule has 2 saturated heterocycles. The summed E-state index contributed by atoms with van der Waals surface area (Å²) in [6.45, 7) is 6.07. The minimum absolute atomic E-state index is 0.0469. The van der Waals surface area contributed by atoms with Crippen LogP contribution in [0.15, 0.2) is 42.6 Å². The smallest absolute Gasteiger partial charge is 0.230 e. The van der Waals surface area contributed by atoms with Crippen LogP contribution >= 0.6 is 0 Å². The van der Waals surface area contributed by atoms with Crippen LogP contribution in [0.2, 0.25) is 0 Å². The highest BCUT2D eigenvalue weighted by atomic mass is 16.5. The summed E-state index contributed by atoms with van der Waals surface area (Å²) >= 11 is 0. The lowest BCUT2D eigenvalue weighted by Gasteiger charge is -2.23. The Hall–Kier alpha value is -2.60. The van der Waals surface area contributed by atoms with Gasteiger partial charge in [0.05, 0.1) is 24.5 Å². The average Bonchev–Trinajstić information content (AvgIpc) is 3.46. The molecule has 3 aliphatic rings. The fourth-order valence-corrected chi connectivity index (χ4v) is 5.26. The Morgan fingerprint density at radius 3 is 3.03 bits per heavy atom. The van der Waals surface area contributed by atoms with Gasteiger partial charge in [-0.05, 0) is 30.4 Å². The van der Waals surface area contributed by atoms with E-state index in [9.17, 15) is 9.59 Å². The van der Waals surface area contributed by atoms with E-state index in [1.165, 1.54) is 10.9 Å². The Morgan fingerprint density at radius 2 is 2.20 bits per heavy atom. The number of carbonyl (C=O) groups excluding carboxylic acids is 2. The Morgan fingerprint density at radius 1 is 1.37 bits per heavy atom. The van der Waals surface area contributed by atoms with Crippen molar-refractivity contribution in [2.45, 2.75) is 38.4 Å². The summed E-state index contributed by atoms with van der Waals surface area (Å²) in [5.41, 5.74) is 1.68. The quantitative estimate of drug-likeness (QED) is 0.693. The summed E-state index contributed by atoms with van der Waals surface area (Å²) in [5.74, 6) is -0.308. The zero-order chi connectivity index (χ0) is 20.9. The molecule has 5 rings (SSSR count). The van der Waals surface area contributed by atoms with Gasteiger partial charge < -0.3 is 19.9 Å². The molecular weight excluding hydrogens is 378 g/mol. The molecule has 2 amide bonds. The number of hydrogen-bond donors (Lipinski definition) is 2. The van der Waals surface area contributed by atoms with Gasteiger partial charge in [-0.1, -0.05) is 44.2 Å². The number of nitrogens with one attached hydrogen (secondary N) is 2. The first-order chi connectivity index (χ1) is 14.5. The molecule has 2 bridgehead atoms. The minimum atomic E-state index is -0.637. The number of likely N-dealkylation sites (tertiary alicyclic amines) is 1. The lowest BCUT2D eigenvalue weighted by Crippen LogP contribution is -2.44. The van der Waals surface area contributed by atoms with Crippen LogP contribution in [0.5, 0.6) is 0 Å². The molecule has 158 valence electrons. The van der Waals surface area contributed by atoms with E-state index in [0.717, 1.165) is 18.4 Å². The van der Waals surface area contributed by atoms with Crippen LogP contribution in [-0.4, -0.2) is 53.0 Å². The predicted octanol–water partition coefficient (Wildman–Crippen LogP) is 2.65. The number of hydrogen-bond acceptors (Lipinski definition) is 3. The van der Waals surface area contributed by atoms with Crippen LogP contribution in [0.1, 0.15) is 25.8 Å². The lowest BCUT2D eigenvalue weighted by atomic mass is 9.77. The topological polar surface area (TPSA) is 74.4 Å². The standard InChI is InChI=1S/C24H29N3O3/c1-15(2)8-11-25-22(28)20-19-7-10-24(30-19)14-27(23(29)21(20)24)12-9-16-13-26-18-6-4-3-5-17(16)18/h3-7,10,13,15,19-21,26H,8-9,11-12,14H2,1-2H3,(H,25,28)/t19-,20+,21-,24+/m0/s1. The fourth-order valence-electron chi connectivity index (χ4n) is 5.26. The molecule has 1 aromatic carbocycles. The summed E-state index contributed by atoms with van der Waals surface area (Å²) < 4.78 is 6.21. The number of aromatic nitrogens is 1. The molecule has 4 atom stereocenters. The summed E-state index contributed by atoms with van der Waals surface area (Å²) in [6, 6.07) is 8.21. The average molecular weight is 408 g/mol. The molecule has 2 N–H and O–H groups in total. The first kappa shape index (κ1) is 19.4. The Kier molecular flexibility index (Phi) is 4.69. The maximum absolute atomic E-state index is 13.3. The molecule has 1 aromatic heterocycles. The van der Waals surface area contributed by atoms with Crippen LogP contribution in [0, 0.1) is 17.8 Å². The largest absolute Gasteiger partial charge is 0.361 e. The van der Waals surface area contributed by atoms with Gasteiger partial charge >= 0.3 is 0 Å². The highest BCUT2D eigenvalue weighted by Gasteiger charge is 2.66. The normalized spacial score (nSPS) is 29.4. The van der Waals surface area contributed by atoms with E-state index in [1.54, 1.807) is 0 Å².